The van der Waals surface area contributed by atoms with Gasteiger partial charge in [0.15, 0.2) is 0 Å². The third-order valence-corrected chi connectivity index (χ3v) is 4.04. The van der Waals surface area contributed by atoms with E-state index in [1.165, 1.54) is 19.3 Å². The molecule has 1 saturated heterocycles. The standard InChI is InChI=1S/C14H26N4O/c1-14(2,3)11-5-4-9-18(10-7-11)13-17-16-12(19-13)6-8-15/h11H,4-10,15H2,1-3H3. The summed E-state index contributed by atoms with van der Waals surface area (Å²) in [4.78, 5) is 2.22. The lowest BCUT2D eigenvalue weighted by Crippen LogP contribution is -2.26. The molecule has 0 aliphatic carbocycles. The fraction of sp³-hybridized carbons (Fsp3) is 0.857. The predicted molar refractivity (Wildman–Crippen MR) is 76.1 cm³/mol. The van der Waals surface area contributed by atoms with E-state index in [1.807, 2.05) is 0 Å². The lowest BCUT2D eigenvalue weighted by atomic mass is 9.77. The molecule has 1 aliphatic rings. The molecule has 5 nitrogen and oxygen atoms in total. The van der Waals surface area contributed by atoms with Crippen LogP contribution in [0.1, 0.15) is 45.9 Å². The van der Waals surface area contributed by atoms with Gasteiger partial charge in [-0.25, -0.2) is 0 Å². The highest BCUT2D eigenvalue weighted by atomic mass is 16.4. The highest BCUT2D eigenvalue weighted by Gasteiger charge is 2.28. The summed E-state index contributed by atoms with van der Waals surface area (Å²) in [5.74, 6) is 1.41. The minimum atomic E-state index is 0.384. The van der Waals surface area contributed by atoms with Gasteiger partial charge in [0, 0.05) is 26.1 Å². The Morgan fingerprint density at radius 2 is 2.05 bits per heavy atom. The number of aromatic nitrogens is 2. The van der Waals surface area contributed by atoms with E-state index in [-0.39, 0.29) is 0 Å². The molecule has 0 saturated carbocycles. The number of hydrogen-bond donors (Lipinski definition) is 1. The quantitative estimate of drug-likeness (QED) is 0.908. The molecule has 1 aliphatic heterocycles. The van der Waals surface area contributed by atoms with Crippen LogP contribution in [0, 0.1) is 11.3 Å². The van der Waals surface area contributed by atoms with Gasteiger partial charge in [0.25, 0.3) is 0 Å². The molecular formula is C14H26N4O. The molecule has 1 aromatic rings. The van der Waals surface area contributed by atoms with Crippen LogP contribution in [-0.2, 0) is 6.42 Å². The average Bonchev–Trinajstić information content (AvgIpc) is 2.64. The van der Waals surface area contributed by atoms with Crippen LogP contribution in [0.15, 0.2) is 4.42 Å². The number of nitrogens with two attached hydrogens (primary N) is 1. The normalized spacial score (nSPS) is 21.5. The van der Waals surface area contributed by atoms with Crippen molar-refractivity contribution in [1.82, 2.24) is 10.2 Å². The topological polar surface area (TPSA) is 68.2 Å². The Bertz CT molecular complexity index is 396. The van der Waals surface area contributed by atoms with Gasteiger partial charge in [-0.1, -0.05) is 25.9 Å². The molecule has 1 unspecified atom stereocenters. The summed E-state index contributed by atoms with van der Waals surface area (Å²) in [5, 5.41) is 8.18. The van der Waals surface area contributed by atoms with Crippen molar-refractivity contribution in [2.45, 2.75) is 46.5 Å². The Balaban J connectivity index is 1.98. The Hall–Kier alpha value is -1.10. The first-order chi connectivity index (χ1) is 9.00. The average molecular weight is 266 g/mol. The zero-order valence-electron chi connectivity index (χ0n) is 12.4. The Labute approximate surface area is 115 Å². The van der Waals surface area contributed by atoms with E-state index < -0.39 is 0 Å². The molecule has 1 atom stereocenters. The van der Waals surface area contributed by atoms with Gasteiger partial charge in [0.1, 0.15) is 0 Å². The number of rotatable bonds is 3. The summed E-state index contributed by atoms with van der Waals surface area (Å²) >= 11 is 0. The summed E-state index contributed by atoms with van der Waals surface area (Å²) in [6.45, 7) is 9.56. The molecule has 2 heterocycles. The lowest BCUT2D eigenvalue weighted by molar-refractivity contribution is 0.220. The van der Waals surface area contributed by atoms with E-state index in [2.05, 4.69) is 35.9 Å². The highest BCUT2D eigenvalue weighted by Crippen LogP contribution is 2.34. The molecular weight excluding hydrogens is 240 g/mol. The van der Waals surface area contributed by atoms with E-state index in [4.69, 9.17) is 10.2 Å². The largest absolute Gasteiger partial charge is 0.408 e. The second-order valence-electron chi connectivity index (χ2n) is 6.50. The molecule has 2 N–H and O–H groups in total. The number of nitrogens with zero attached hydrogens (tertiary/aromatic N) is 3. The molecule has 0 aromatic carbocycles. The van der Waals surface area contributed by atoms with Crippen molar-refractivity contribution < 1.29 is 4.42 Å². The van der Waals surface area contributed by atoms with Crippen molar-refractivity contribution in [2.75, 3.05) is 24.5 Å². The molecule has 0 radical (unpaired) electrons. The molecule has 5 heteroatoms. The molecule has 1 aromatic heterocycles. The van der Waals surface area contributed by atoms with Gasteiger partial charge < -0.3 is 15.1 Å². The third kappa shape index (κ3) is 3.69. The molecule has 0 bridgehead atoms. The molecule has 108 valence electrons. The van der Waals surface area contributed by atoms with Crippen LogP contribution >= 0.6 is 0 Å². The smallest absolute Gasteiger partial charge is 0.318 e. The van der Waals surface area contributed by atoms with Gasteiger partial charge in [0.2, 0.25) is 5.89 Å². The summed E-state index contributed by atoms with van der Waals surface area (Å²) in [6.07, 6.45) is 4.32. The minimum Gasteiger partial charge on any atom is -0.408 e. The molecule has 0 amide bonds. The zero-order valence-corrected chi connectivity index (χ0v) is 12.4. The van der Waals surface area contributed by atoms with Crippen molar-refractivity contribution in [1.29, 1.82) is 0 Å². The van der Waals surface area contributed by atoms with Crippen LogP contribution in [0.25, 0.3) is 0 Å². The van der Waals surface area contributed by atoms with Crippen molar-refractivity contribution >= 4 is 6.01 Å². The molecule has 19 heavy (non-hydrogen) atoms. The summed E-state index contributed by atoms with van der Waals surface area (Å²) in [5.41, 5.74) is 5.88. The van der Waals surface area contributed by atoms with E-state index in [0.717, 1.165) is 19.0 Å². The zero-order chi connectivity index (χ0) is 13.9. The summed E-state index contributed by atoms with van der Waals surface area (Å²) in [6, 6.07) is 0.665. The molecule has 2 rings (SSSR count). The first kappa shape index (κ1) is 14.3. The fourth-order valence-electron chi connectivity index (χ4n) is 2.75. The maximum atomic E-state index is 5.66. The van der Waals surface area contributed by atoms with E-state index >= 15 is 0 Å². The maximum Gasteiger partial charge on any atom is 0.318 e. The number of anilines is 1. The first-order valence-corrected chi connectivity index (χ1v) is 7.28. The van der Waals surface area contributed by atoms with Crippen LogP contribution < -0.4 is 10.6 Å². The Kier molecular flexibility index (Phi) is 4.45. The van der Waals surface area contributed by atoms with Gasteiger partial charge in [-0.2, -0.15) is 0 Å². The van der Waals surface area contributed by atoms with Gasteiger partial charge in [0.05, 0.1) is 0 Å². The minimum absolute atomic E-state index is 0.384. The van der Waals surface area contributed by atoms with E-state index in [0.29, 0.717) is 30.3 Å². The van der Waals surface area contributed by atoms with Crippen LogP contribution in [0.5, 0.6) is 0 Å². The van der Waals surface area contributed by atoms with E-state index in [1.54, 1.807) is 0 Å². The Morgan fingerprint density at radius 1 is 1.26 bits per heavy atom. The van der Waals surface area contributed by atoms with Crippen LogP contribution in [-0.4, -0.2) is 29.8 Å². The van der Waals surface area contributed by atoms with Gasteiger partial charge in [-0.3, -0.25) is 0 Å². The van der Waals surface area contributed by atoms with Gasteiger partial charge in [-0.05, 0) is 30.6 Å². The van der Waals surface area contributed by atoms with Gasteiger partial charge in [-0.15, -0.1) is 5.10 Å². The third-order valence-electron chi connectivity index (χ3n) is 4.04. The van der Waals surface area contributed by atoms with Crippen LogP contribution in [0.4, 0.5) is 6.01 Å². The fourth-order valence-corrected chi connectivity index (χ4v) is 2.75. The monoisotopic (exact) mass is 266 g/mol. The second kappa shape index (κ2) is 5.90. The SMILES string of the molecule is CC(C)(C)C1CCCN(c2nnc(CCN)o2)CC1. The molecule has 0 spiro atoms. The van der Waals surface area contributed by atoms with Crippen molar-refractivity contribution in [3.05, 3.63) is 5.89 Å². The van der Waals surface area contributed by atoms with Crippen molar-refractivity contribution in [3.63, 3.8) is 0 Å². The summed E-state index contributed by atoms with van der Waals surface area (Å²) in [7, 11) is 0. The first-order valence-electron chi connectivity index (χ1n) is 7.28. The van der Waals surface area contributed by atoms with Crippen molar-refractivity contribution in [3.8, 4) is 0 Å². The van der Waals surface area contributed by atoms with Crippen LogP contribution in [0.3, 0.4) is 0 Å². The highest BCUT2D eigenvalue weighted by molar-refractivity contribution is 5.24. The van der Waals surface area contributed by atoms with Crippen LogP contribution in [0.2, 0.25) is 0 Å². The predicted octanol–water partition coefficient (Wildman–Crippen LogP) is 2.22. The lowest BCUT2D eigenvalue weighted by Gasteiger charge is -2.29. The van der Waals surface area contributed by atoms with E-state index in [9.17, 15) is 0 Å². The Morgan fingerprint density at radius 3 is 2.74 bits per heavy atom. The second-order valence-corrected chi connectivity index (χ2v) is 6.50. The molecule has 1 fully saturated rings. The summed E-state index contributed by atoms with van der Waals surface area (Å²) < 4.78 is 5.66. The van der Waals surface area contributed by atoms with Crippen molar-refractivity contribution in [2.24, 2.45) is 17.1 Å². The van der Waals surface area contributed by atoms with Gasteiger partial charge >= 0.3 is 6.01 Å². The number of hydrogen-bond acceptors (Lipinski definition) is 5. The maximum absolute atomic E-state index is 5.66.